The lowest BCUT2D eigenvalue weighted by Gasteiger charge is -2.22. The number of benzene rings is 1. The minimum atomic E-state index is -0.121. The molecular formula is C17H25ClN6O. The summed E-state index contributed by atoms with van der Waals surface area (Å²) >= 11 is 0. The van der Waals surface area contributed by atoms with Crippen molar-refractivity contribution < 1.29 is 4.79 Å². The topological polar surface area (TPSA) is 89.1 Å². The van der Waals surface area contributed by atoms with Crippen LogP contribution in [0.2, 0.25) is 0 Å². The number of nitrogens with two attached hydrogens (primary N) is 1. The molecule has 0 unspecified atom stereocenters. The Morgan fingerprint density at radius 3 is 2.68 bits per heavy atom. The van der Waals surface area contributed by atoms with Crippen LogP contribution in [0, 0.1) is 0 Å². The Hall–Kier alpha value is -1.96. The number of nitrogens with one attached hydrogen (secondary N) is 1. The first-order valence-electron chi connectivity index (χ1n) is 8.43. The van der Waals surface area contributed by atoms with Gasteiger partial charge < -0.3 is 16.0 Å². The molecule has 1 amide bonds. The van der Waals surface area contributed by atoms with Gasteiger partial charge in [0, 0.05) is 19.6 Å². The van der Waals surface area contributed by atoms with Crippen molar-refractivity contribution in [1.29, 1.82) is 0 Å². The first-order valence-corrected chi connectivity index (χ1v) is 8.43. The summed E-state index contributed by atoms with van der Waals surface area (Å²) in [6, 6.07) is 10.2. The number of hydrogen-bond acceptors (Lipinski definition) is 5. The lowest BCUT2D eigenvalue weighted by Crippen LogP contribution is -2.35. The van der Waals surface area contributed by atoms with Crippen LogP contribution in [0.25, 0.3) is 0 Å². The van der Waals surface area contributed by atoms with E-state index in [4.69, 9.17) is 5.73 Å². The summed E-state index contributed by atoms with van der Waals surface area (Å²) in [5.41, 5.74) is 7.14. The van der Waals surface area contributed by atoms with Crippen molar-refractivity contribution in [1.82, 2.24) is 25.2 Å². The standard InChI is InChI=1S/C17H24N6O.ClH/c18-8-11-22(12-14-4-2-1-3-5-14)17(24)16-13-23(21-20-16)15-6-9-19-10-7-15;/h1-5,13,15,19H,6-12,18H2;1H. The van der Waals surface area contributed by atoms with Gasteiger partial charge in [-0.3, -0.25) is 4.79 Å². The van der Waals surface area contributed by atoms with E-state index in [-0.39, 0.29) is 18.3 Å². The number of nitrogens with zero attached hydrogens (tertiary/aromatic N) is 4. The average Bonchev–Trinajstić information content (AvgIpc) is 3.12. The van der Waals surface area contributed by atoms with E-state index in [0.717, 1.165) is 31.5 Å². The maximum Gasteiger partial charge on any atom is 0.276 e. The van der Waals surface area contributed by atoms with Gasteiger partial charge in [0.05, 0.1) is 12.2 Å². The first-order chi connectivity index (χ1) is 11.8. The van der Waals surface area contributed by atoms with Gasteiger partial charge in [-0.25, -0.2) is 4.68 Å². The van der Waals surface area contributed by atoms with Crippen LogP contribution in [0.4, 0.5) is 0 Å². The molecular weight excluding hydrogens is 340 g/mol. The molecule has 3 N–H and O–H groups in total. The van der Waals surface area contributed by atoms with Crippen molar-refractivity contribution in [2.75, 3.05) is 26.2 Å². The third kappa shape index (κ3) is 5.01. The van der Waals surface area contributed by atoms with E-state index < -0.39 is 0 Å². The smallest absolute Gasteiger partial charge is 0.276 e. The van der Waals surface area contributed by atoms with Crippen molar-refractivity contribution >= 4 is 18.3 Å². The van der Waals surface area contributed by atoms with E-state index in [2.05, 4.69) is 15.6 Å². The summed E-state index contributed by atoms with van der Waals surface area (Å²) in [5, 5.41) is 11.6. The van der Waals surface area contributed by atoms with Crippen LogP contribution in [0.15, 0.2) is 36.5 Å². The second kappa shape index (κ2) is 9.50. The number of amides is 1. The number of hydrogen-bond donors (Lipinski definition) is 2. The van der Waals surface area contributed by atoms with Crippen LogP contribution >= 0.6 is 12.4 Å². The monoisotopic (exact) mass is 364 g/mol. The normalized spacial score (nSPS) is 14.8. The fourth-order valence-electron chi connectivity index (χ4n) is 3.00. The Morgan fingerprint density at radius 1 is 1.28 bits per heavy atom. The summed E-state index contributed by atoms with van der Waals surface area (Å²) in [5.74, 6) is -0.121. The Bertz CT molecular complexity index is 656. The highest BCUT2D eigenvalue weighted by Crippen LogP contribution is 2.17. The molecule has 8 heteroatoms. The molecule has 0 radical (unpaired) electrons. The third-order valence-corrected chi connectivity index (χ3v) is 4.31. The number of rotatable bonds is 6. The van der Waals surface area contributed by atoms with Gasteiger partial charge in [0.1, 0.15) is 0 Å². The molecule has 2 aromatic rings. The maximum absolute atomic E-state index is 12.8. The van der Waals surface area contributed by atoms with Crippen LogP contribution in [-0.2, 0) is 6.54 Å². The molecule has 0 saturated carbocycles. The number of aromatic nitrogens is 3. The second-order valence-corrected chi connectivity index (χ2v) is 6.07. The van der Waals surface area contributed by atoms with E-state index in [1.807, 2.05) is 35.0 Å². The summed E-state index contributed by atoms with van der Waals surface area (Å²) in [6.45, 7) is 3.38. The zero-order chi connectivity index (χ0) is 16.8. The first kappa shape index (κ1) is 19.4. The third-order valence-electron chi connectivity index (χ3n) is 4.31. The van der Waals surface area contributed by atoms with E-state index in [1.165, 1.54) is 0 Å². The van der Waals surface area contributed by atoms with Crippen molar-refractivity contribution in [2.24, 2.45) is 5.73 Å². The molecule has 25 heavy (non-hydrogen) atoms. The van der Waals surface area contributed by atoms with Crippen LogP contribution in [-0.4, -0.2) is 52.0 Å². The van der Waals surface area contributed by atoms with Crippen molar-refractivity contribution in [3.8, 4) is 0 Å². The fraction of sp³-hybridized carbons (Fsp3) is 0.471. The molecule has 0 aliphatic carbocycles. The SMILES string of the molecule is Cl.NCCN(Cc1ccccc1)C(=O)c1cn(C2CCNCC2)nn1. The molecule has 2 heterocycles. The summed E-state index contributed by atoms with van der Waals surface area (Å²) < 4.78 is 1.83. The van der Waals surface area contributed by atoms with E-state index >= 15 is 0 Å². The Balaban J connectivity index is 0.00000225. The molecule has 136 valence electrons. The van der Waals surface area contributed by atoms with Gasteiger partial charge >= 0.3 is 0 Å². The number of piperidine rings is 1. The van der Waals surface area contributed by atoms with Gasteiger partial charge in [-0.15, -0.1) is 17.5 Å². The van der Waals surface area contributed by atoms with Gasteiger partial charge in [0.15, 0.2) is 5.69 Å². The molecule has 1 aromatic heterocycles. The van der Waals surface area contributed by atoms with Crippen molar-refractivity contribution in [3.63, 3.8) is 0 Å². The molecule has 0 bridgehead atoms. The quantitative estimate of drug-likeness (QED) is 0.804. The summed E-state index contributed by atoms with van der Waals surface area (Å²) in [7, 11) is 0. The van der Waals surface area contributed by atoms with E-state index in [0.29, 0.717) is 31.4 Å². The van der Waals surface area contributed by atoms with Crippen LogP contribution in [0.1, 0.15) is 34.9 Å². The number of carbonyl (C=O) groups is 1. The predicted molar refractivity (Wildman–Crippen MR) is 98.6 cm³/mol. The van der Waals surface area contributed by atoms with Crippen LogP contribution < -0.4 is 11.1 Å². The van der Waals surface area contributed by atoms with Crippen molar-refractivity contribution in [3.05, 3.63) is 47.8 Å². The molecule has 1 saturated heterocycles. The highest BCUT2D eigenvalue weighted by atomic mass is 35.5. The average molecular weight is 365 g/mol. The Morgan fingerprint density at radius 2 is 2.00 bits per heavy atom. The maximum atomic E-state index is 12.8. The zero-order valence-electron chi connectivity index (χ0n) is 14.2. The minimum Gasteiger partial charge on any atom is -0.332 e. The molecule has 1 aromatic carbocycles. The largest absolute Gasteiger partial charge is 0.332 e. The Kier molecular flexibility index (Phi) is 7.36. The van der Waals surface area contributed by atoms with E-state index in [9.17, 15) is 4.79 Å². The minimum absolute atomic E-state index is 0. The van der Waals surface area contributed by atoms with Crippen LogP contribution in [0.3, 0.4) is 0 Å². The number of halogens is 1. The van der Waals surface area contributed by atoms with Gasteiger partial charge in [-0.1, -0.05) is 35.5 Å². The molecule has 1 aliphatic heterocycles. The summed E-state index contributed by atoms with van der Waals surface area (Å²) in [6.07, 6.45) is 3.79. The molecule has 1 fully saturated rings. The molecule has 7 nitrogen and oxygen atoms in total. The second-order valence-electron chi connectivity index (χ2n) is 6.07. The molecule has 1 aliphatic rings. The van der Waals surface area contributed by atoms with Gasteiger partial charge in [0.25, 0.3) is 5.91 Å². The molecule has 0 spiro atoms. The number of carbonyl (C=O) groups excluding carboxylic acids is 1. The molecule has 0 atom stereocenters. The fourth-order valence-corrected chi connectivity index (χ4v) is 3.00. The summed E-state index contributed by atoms with van der Waals surface area (Å²) in [4.78, 5) is 14.5. The van der Waals surface area contributed by atoms with Gasteiger partial charge in [0.2, 0.25) is 0 Å². The van der Waals surface area contributed by atoms with Gasteiger partial charge in [-0.05, 0) is 31.5 Å². The Labute approximate surface area is 154 Å². The van der Waals surface area contributed by atoms with Gasteiger partial charge in [-0.2, -0.15) is 0 Å². The highest BCUT2D eigenvalue weighted by Gasteiger charge is 2.22. The highest BCUT2D eigenvalue weighted by molar-refractivity contribution is 5.91. The molecule has 3 rings (SSSR count). The lowest BCUT2D eigenvalue weighted by atomic mass is 10.1. The van der Waals surface area contributed by atoms with Crippen LogP contribution in [0.5, 0.6) is 0 Å². The zero-order valence-corrected chi connectivity index (χ0v) is 15.0. The lowest BCUT2D eigenvalue weighted by molar-refractivity contribution is 0.0742. The predicted octanol–water partition coefficient (Wildman–Crippen LogP) is 1.23. The van der Waals surface area contributed by atoms with E-state index in [1.54, 1.807) is 11.1 Å². The van der Waals surface area contributed by atoms with Crippen molar-refractivity contribution in [2.45, 2.75) is 25.4 Å².